The van der Waals surface area contributed by atoms with Crippen molar-refractivity contribution in [1.82, 2.24) is 0 Å². The Bertz CT molecular complexity index is 75.3. The van der Waals surface area contributed by atoms with Gasteiger partial charge in [0.05, 0.1) is 0 Å². The van der Waals surface area contributed by atoms with Gasteiger partial charge >= 0.3 is 0 Å². The summed E-state index contributed by atoms with van der Waals surface area (Å²) in [5, 5.41) is 0. The van der Waals surface area contributed by atoms with E-state index in [4.69, 9.17) is 5.73 Å². The molecule has 0 saturated heterocycles. The Balaban J connectivity index is 0.000000640. The van der Waals surface area contributed by atoms with E-state index in [1.807, 2.05) is 0 Å². The Morgan fingerprint density at radius 2 is 2.11 bits per heavy atom. The van der Waals surface area contributed by atoms with E-state index in [0.29, 0.717) is 6.04 Å². The van der Waals surface area contributed by atoms with E-state index in [0.717, 1.165) is 5.92 Å². The van der Waals surface area contributed by atoms with Crippen LogP contribution in [-0.2, 0) is 0 Å². The molecule has 1 saturated carbocycles. The molecular weight excluding hydrogens is 134 g/mol. The number of nitrogens with two attached hydrogens (primary N) is 1. The summed E-state index contributed by atoms with van der Waals surface area (Å²) in [5.41, 5.74) is 5.61. The molecule has 56 valence electrons. The molecule has 1 aliphatic carbocycles. The van der Waals surface area contributed by atoms with Gasteiger partial charge in [0.15, 0.2) is 0 Å². The lowest BCUT2D eigenvalue weighted by Gasteiger charge is -1.91. The molecule has 1 nitrogen and oxygen atoms in total. The van der Waals surface area contributed by atoms with Crippen molar-refractivity contribution >= 4 is 12.4 Å². The van der Waals surface area contributed by atoms with Crippen LogP contribution in [0.15, 0.2) is 0 Å². The van der Waals surface area contributed by atoms with Crippen molar-refractivity contribution in [2.24, 2.45) is 11.7 Å². The molecule has 2 unspecified atom stereocenters. The van der Waals surface area contributed by atoms with Crippen molar-refractivity contribution < 1.29 is 0 Å². The van der Waals surface area contributed by atoms with Crippen LogP contribution in [0.25, 0.3) is 0 Å². The van der Waals surface area contributed by atoms with Gasteiger partial charge in [-0.15, -0.1) is 12.4 Å². The summed E-state index contributed by atoms with van der Waals surface area (Å²) in [5.74, 6) is 0.898. The van der Waals surface area contributed by atoms with E-state index in [1.165, 1.54) is 25.7 Å². The first kappa shape index (κ1) is 9.25. The van der Waals surface area contributed by atoms with Crippen LogP contribution in [0.2, 0.25) is 0 Å². The van der Waals surface area contributed by atoms with Crippen LogP contribution >= 0.6 is 12.4 Å². The van der Waals surface area contributed by atoms with Gasteiger partial charge in [-0.05, 0) is 18.8 Å². The second-order valence-corrected chi connectivity index (χ2v) is 2.80. The van der Waals surface area contributed by atoms with Gasteiger partial charge in [-0.1, -0.05) is 19.8 Å². The maximum Gasteiger partial charge on any atom is 0.00709 e. The normalized spacial score (nSPS) is 31.3. The average Bonchev–Trinajstić information content (AvgIpc) is 2.42. The molecule has 0 aliphatic heterocycles. The predicted octanol–water partition coefficient (Wildman–Crippen LogP) is 1.95. The molecule has 1 aliphatic rings. The van der Waals surface area contributed by atoms with Gasteiger partial charge in [-0.25, -0.2) is 0 Å². The van der Waals surface area contributed by atoms with Gasteiger partial charge in [0, 0.05) is 6.04 Å². The molecule has 0 spiro atoms. The van der Waals surface area contributed by atoms with E-state index in [2.05, 4.69) is 6.92 Å². The molecule has 1 rings (SSSR count). The first-order valence-corrected chi connectivity index (χ1v) is 3.60. The zero-order chi connectivity index (χ0) is 5.98. The quantitative estimate of drug-likeness (QED) is 0.652. The SMILES string of the molecule is CCCCC1CC1N.Cl. The Morgan fingerprint density at radius 1 is 1.56 bits per heavy atom. The van der Waals surface area contributed by atoms with E-state index < -0.39 is 0 Å². The summed E-state index contributed by atoms with van der Waals surface area (Å²) in [7, 11) is 0. The fourth-order valence-electron chi connectivity index (χ4n) is 1.07. The van der Waals surface area contributed by atoms with E-state index in [9.17, 15) is 0 Å². The number of halogens is 1. The summed E-state index contributed by atoms with van der Waals surface area (Å²) in [6, 6.07) is 0.571. The minimum atomic E-state index is 0. The highest BCUT2D eigenvalue weighted by atomic mass is 35.5. The van der Waals surface area contributed by atoms with Crippen LogP contribution in [0.3, 0.4) is 0 Å². The van der Waals surface area contributed by atoms with Gasteiger partial charge in [-0.3, -0.25) is 0 Å². The summed E-state index contributed by atoms with van der Waals surface area (Å²) in [6.07, 6.45) is 5.36. The van der Waals surface area contributed by atoms with Crippen LogP contribution in [0, 0.1) is 5.92 Å². The summed E-state index contributed by atoms with van der Waals surface area (Å²) >= 11 is 0. The third kappa shape index (κ3) is 3.07. The van der Waals surface area contributed by atoms with Gasteiger partial charge < -0.3 is 5.73 Å². The molecule has 2 heteroatoms. The highest BCUT2D eigenvalue weighted by molar-refractivity contribution is 5.85. The molecule has 0 amide bonds. The predicted molar refractivity (Wildman–Crippen MR) is 42.9 cm³/mol. The molecule has 0 aromatic rings. The van der Waals surface area contributed by atoms with Crippen molar-refractivity contribution in [3.8, 4) is 0 Å². The number of unbranched alkanes of at least 4 members (excludes halogenated alkanes) is 1. The second-order valence-electron chi connectivity index (χ2n) is 2.80. The van der Waals surface area contributed by atoms with Gasteiger partial charge in [0.25, 0.3) is 0 Å². The van der Waals surface area contributed by atoms with Crippen LogP contribution in [0.5, 0.6) is 0 Å². The van der Waals surface area contributed by atoms with Crippen LogP contribution in [0.1, 0.15) is 32.6 Å². The maximum absolute atomic E-state index is 5.61. The molecular formula is C7H16ClN. The molecule has 0 heterocycles. The Labute approximate surface area is 63.4 Å². The van der Waals surface area contributed by atoms with Crippen molar-refractivity contribution in [2.75, 3.05) is 0 Å². The molecule has 0 bridgehead atoms. The monoisotopic (exact) mass is 149 g/mol. The topological polar surface area (TPSA) is 26.0 Å². The Morgan fingerprint density at radius 3 is 2.44 bits per heavy atom. The molecule has 2 atom stereocenters. The van der Waals surface area contributed by atoms with E-state index >= 15 is 0 Å². The van der Waals surface area contributed by atoms with Gasteiger partial charge in [-0.2, -0.15) is 0 Å². The molecule has 1 fully saturated rings. The lowest BCUT2D eigenvalue weighted by Crippen LogP contribution is -2.01. The van der Waals surface area contributed by atoms with Crippen molar-refractivity contribution in [3.63, 3.8) is 0 Å². The fourth-order valence-corrected chi connectivity index (χ4v) is 1.07. The van der Waals surface area contributed by atoms with Crippen LogP contribution in [-0.4, -0.2) is 6.04 Å². The second kappa shape index (κ2) is 4.13. The van der Waals surface area contributed by atoms with Crippen molar-refractivity contribution in [2.45, 2.75) is 38.6 Å². The zero-order valence-electron chi connectivity index (χ0n) is 5.97. The summed E-state index contributed by atoms with van der Waals surface area (Å²) in [4.78, 5) is 0. The minimum absolute atomic E-state index is 0. The van der Waals surface area contributed by atoms with E-state index in [1.54, 1.807) is 0 Å². The van der Waals surface area contributed by atoms with Crippen molar-refractivity contribution in [3.05, 3.63) is 0 Å². The van der Waals surface area contributed by atoms with Crippen LogP contribution in [0.4, 0.5) is 0 Å². The molecule has 0 aromatic heterocycles. The largest absolute Gasteiger partial charge is 0.327 e. The summed E-state index contributed by atoms with van der Waals surface area (Å²) in [6.45, 7) is 2.23. The highest BCUT2D eigenvalue weighted by Gasteiger charge is 2.31. The third-order valence-electron chi connectivity index (χ3n) is 1.91. The lowest BCUT2D eigenvalue weighted by atomic mass is 10.2. The number of rotatable bonds is 3. The fraction of sp³-hybridized carbons (Fsp3) is 1.00. The third-order valence-corrected chi connectivity index (χ3v) is 1.91. The Hall–Kier alpha value is 0.250. The zero-order valence-corrected chi connectivity index (χ0v) is 6.79. The average molecular weight is 150 g/mol. The first-order chi connectivity index (χ1) is 3.84. The smallest absolute Gasteiger partial charge is 0.00709 e. The van der Waals surface area contributed by atoms with Gasteiger partial charge in [0.2, 0.25) is 0 Å². The molecule has 9 heavy (non-hydrogen) atoms. The molecule has 2 N–H and O–H groups in total. The molecule has 0 radical (unpaired) electrons. The first-order valence-electron chi connectivity index (χ1n) is 3.60. The molecule has 0 aromatic carbocycles. The standard InChI is InChI=1S/C7H15N.ClH/c1-2-3-4-6-5-7(6)8;/h6-7H,2-5,8H2,1H3;1H. The van der Waals surface area contributed by atoms with Crippen molar-refractivity contribution in [1.29, 1.82) is 0 Å². The van der Waals surface area contributed by atoms with Gasteiger partial charge in [0.1, 0.15) is 0 Å². The number of hydrogen-bond acceptors (Lipinski definition) is 1. The maximum atomic E-state index is 5.61. The lowest BCUT2D eigenvalue weighted by molar-refractivity contribution is 0.638. The van der Waals surface area contributed by atoms with Crippen LogP contribution < -0.4 is 5.73 Å². The minimum Gasteiger partial charge on any atom is -0.327 e. The van der Waals surface area contributed by atoms with E-state index in [-0.39, 0.29) is 12.4 Å². The Kier molecular flexibility index (Phi) is 4.24. The number of hydrogen-bond donors (Lipinski definition) is 1. The summed E-state index contributed by atoms with van der Waals surface area (Å²) < 4.78 is 0. The highest BCUT2D eigenvalue weighted by Crippen LogP contribution is 2.32.